The van der Waals surface area contributed by atoms with Crippen molar-refractivity contribution in [3.05, 3.63) is 48.0 Å². The number of hydrogen-bond donors (Lipinski definition) is 8. The number of imidazole rings is 1. The molecule has 0 saturated carbocycles. The number of amides is 3. The molecule has 4 unspecified atom stereocenters. The third-order valence-corrected chi connectivity index (χ3v) is 5.68. The highest BCUT2D eigenvalue weighted by atomic mass is 16.4. The van der Waals surface area contributed by atoms with Crippen molar-refractivity contribution in [2.24, 2.45) is 11.7 Å². The van der Waals surface area contributed by atoms with Crippen molar-refractivity contribution in [3.63, 3.8) is 0 Å². The van der Waals surface area contributed by atoms with Crippen LogP contribution in [0.25, 0.3) is 0 Å². The molecule has 0 fully saturated rings. The van der Waals surface area contributed by atoms with Crippen LogP contribution in [0, 0.1) is 5.92 Å². The lowest BCUT2D eigenvalue weighted by molar-refractivity contribution is -0.143. The lowest BCUT2D eigenvalue weighted by atomic mass is 10.0. The quantitative estimate of drug-likeness (QED) is 0.140. The van der Waals surface area contributed by atoms with E-state index in [0.717, 1.165) is 0 Å². The number of aromatic hydroxyl groups is 1. The summed E-state index contributed by atoms with van der Waals surface area (Å²) in [5, 5.41) is 35.5. The molecule has 4 atom stereocenters. The van der Waals surface area contributed by atoms with Crippen LogP contribution in [-0.4, -0.2) is 79.1 Å². The van der Waals surface area contributed by atoms with Crippen molar-refractivity contribution in [1.29, 1.82) is 0 Å². The lowest BCUT2D eigenvalue weighted by Gasteiger charge is -2.25. The number of phenolic OH excluding ortho intramolecular Hbond substituents is 1. The number of nitrogens with zero attached hydrogens (tertiary/aromatic N) is 1. The first-order valence-corrected chi connectivity index (χ1v) is 12.2. The standard InChI is InChI=1S/C25H34N6O8/c1-13(2)7-17(26)22(35)29-18(8-14-3-5-16(32)6-4-14)23(36)30-19(10-21(33)34)24(37)31-20(25(38)39)9-15-11-27-12-28-15/h3-6,11-13,17-20,32H,7-10,26H2,1-2H3,(H,27,28)(H,29,35)(H,30,36)(H,31,37)(H,33,34)(H,38,39). The van der Waals surface area contributed by atoms with Crippen LogP contribution in [0.5, 0.6) is 5.75 Å². The summed E-state index contributed by atoms with van der Waals surface area (Å²) in [4.78, 5) is 68.5. The van der Waals surface area contributed by atoms with E-state index in [-0.39, 0.29) is 24.5 Å². The number of phenols is 1. The fraction of sp³-hybridized carbons (Fsp3) is 0.440. The van der Waals surface area contributed by atoms with E-state index < -0.39 is 60.2 Å². The number of rotatable bonds is 15. The van der Waals surface area contributed by atoms with Crippen LogP contribution in [0.3, 0.4) is 0 Å². The normalized spacial score (nSPS) is 14.1. The van der Waals surface area contributed by atoms with Gasteiger partial charge in [0.1, 0.15) is 23.9 Å². The second-order valence-corrected chi connectivity index (χ2v) is 9.51. The maximum Gasteiger partial charge on any atom is 0.326 e. The molecule has 1 aromatic carbocycles. The van der Waals surface area contributed by atoms with Crippen LogP contribution in [0.1, 0.15) is 37.9 Å². The Morgan fingerprint density at radius 2 is 1.49 bits per heavy atom. The summed E-state index contributed by atoms with van der Waals surface area (Å²) in [6.45, 7) is 3.75. The van der Waals surface area contributed by atoms with Gasteiger partial charge in [-0.3, -0.25) is 19.2 Å². The van der Waals surface area contributed by atoms with E-state index in [1.165, 1.54) is 36.8 Å². The molecule has 1 heterocycles. The molecule has 0 aliphatic carbocycles. The zero-order valence-electron chi connectivity index (χ0n) is 21.6. The maximum atomic E-state index is 13.2. The van der Waals surface area contributed by atoms with Gasteiger partial charge in [-0.15, -0.1) is 0 Å². The Bertz CT molecular complexity index is 1140. The minimum absolute atomic E-state index is 0.0101. The minimum Gasteiger partial charge on any atom is -0.508 e. The lowest BCUT2D eigenvalue weighted by Crippen LogP contribution is -2.58. The summed E-state index contributed by atoms with van der Waals surface area (Å²) < 4.78 is 0. The minimum atomic E-state index is -1.65. The Morgan fingerprint density at radius 1 is 0.897 bits per heavy atom. The van der Waals surface area contributed by atoms with Crippen molar-refractivity contribution < 1.29 is 39.3 Å². The average Bonchev–Trinajstić information content (AvgIpc) is 3.36. The number of carbonyl (C=O) groups is 5. The van der Waals surface area contributed by atoms with Gasteiger partial charge < -0.3 is 42.0 Å². The molecule has 0 bridgehead atoms. The van der Waals surface area contributed by atoms with Gasteiger partial charge in [0.15, 0.2) is 0 Å². The zero-order chi connectivity index (χ0) is 29.1. The van der Waals surface area contributed by atoms with Gasteiger partial charge in [0.25, 0.3) is 0 Å². The molecule has 39 heavy (non-hydrogen) atoms. The van der Waals surface area contributed by atoms with Crippen LogP contribution in [0.15, 0.2) is 36.8 Å². The predicted octanol–water partition coefficient (Wildman–Crippen LogP) is -0.712. The van der Waals surface area contributed by atoms with Crippen molar-refractivity contribution in [2.75, 3.05) is 0 Å². The third kappa shape index (κ3) is 10.4. The zero-order valence-corrected chi connectivity index (χ0v) is 21.6. The number of nitrogens with one attached hydrogen (secondary N) is 4. The van der Waals surface area contributed by atoms with Gasteiger partial charge >= 0.3 is 11.9 Å². The molecule has 0 spiro atoms. The van der Waals surface area contributed by atoms with E-state index >= 15 is 0 Å². The van der Waals surface area contributed by atoms with Crippen molar-refractivity contribution >= 4 is 29.7 Å². The second-order valence-electron chi connectivity index (χ2n) is 9.51. The number of H-pyrrole nitrogens is 1. The highest BCUT2D eigenvalue weighted by molar-refractivity contribution is 5.95. The first-order chi connectivity index (χ1) is 18.3. The van der Waals surface area contributed by atoms with E-state index in [4.69, 9.17) is 5.73 Å². The van der Waals surface area contributed by atoms with Gasteiger partial charge in [-0.2, -0.15) is 0 Å². The van der Waals surface area contributed by atoms with Gasteiger partial charge in [0, 0.05) is 24.7 Å². The van der Waals surface area contributed by atoms with E-state index in [1.807, 2.05) is 13.8 Å². The molecule has 0 radical (unpaired) electrons. The molecular formula is C25H34N6O8. The van der Waals surface area contributed by atoms with Gasteiger partial charge in [0.2, 0.25) is 17.7 Å². The number of aromatic amines is 1. The van der Waals surface area contributed by atoms with E-state index in [2.05, 4.69) is 25.9 Å². The second kappa shape index (κ2) is 14.5. The predicted molar refractivity (Wildman–Crippen MR) is 137 cm³/mol. The summed E-state index contributed by atoms with van der Waals surface area (Å²) >= 11 is 0. The number of carbonyl (C=O) groups excluding carboxylic acids is 3. The molecule has 1 aromatic heterocycles. The molecule has 2 rings (SSSR count). The molecule has 14 nitrogen and oxygen atoms in total. The Balaban J connectivity index is 2.23. The average molecular weight is 547 g/mol. The molecule has 3 amide bonds. The number of carboxylic acids is 2. The fourth-order valence-electron chi connectivity index (χ4n) is 3.72. The summed E-state index contributed by atoms with van der Waals surface area (Å²) in [5.74, 6) is -5.25. The number of aromatic nitrogens is 2. The van der Waals surface area contributed by atoms with Crippen LogP contribution >= 0.6 is 0 Å². The third-order valence-electron chi connectivity index (χ3n) is 5.68. The van der Waals surface area contributed by atoms with Gasteiger partial charge in [-0.1, -0.05) is 26.0 Å². The van der Waals surface area contributed by atoms with Gasteiger partial charge in [-0.25, -0.2) is 9.78 Å². The first kappa shape index (κ1) is 30.8. The molecule has 9 N–H and O–H groups in total. The van der Waals surface area contributed by atoms with Crippen molar-refractivity contribution in [2.45, 2.75) is 63.7 Å². The molecule has 2 aromatic rings. The van der Waals surface area contributed by atoms with Crippen LogP contribution in [0.2, 0.25) is 0 Å². The summed E-state index contributed by atoms with van der Waals surface area (Å²) in [5.41, 5.74) is 6.92. The number of carboxylic acid groups (broad SMARTS) is 2. The molecular weight excluding hydrogens is 512 g/mol. The molecule has 0 aliphatic rings. The van der Waals surface area contributed by atoms with E-state index in [1.54, 1.807) is 0 Å². The number of aliphatic carboxylic acids is 2. The van der Waals surface area contributed by atoms with Crippen LogP contribution < -0.4 is 21.7 Å². The van der Waals surface area contributed by atoms with Crippen molar-refractivity contribution in [3.8, 4) is 5.75 Å². The smallest absolute Gasteiger partial charge is 0.326 e. The molecule has 212 valence electrons. The monoisotopic (exact) mass is 546 g/mol. The van der Waals surface area contributed by atoms with Gasteiger partial charge in [0.05, 0.1) is 18.8 Å². The number of nitrogens with two attached hydrogens (primary N) is 1. The summed E-state index contributed by atoms with van der Waals surface area (Å²) in [6.07, 6.45) is 1.97. The largest absolute Gasteiger partial charge is 0.508 e. The Kier molecular flexibility index (Phi) is 11.4. The SMILES string of the molecule is CC(C)CC(N)C(=O)NC(Cc1ccc(O)cc1)C(=O)NC(CC(=O)O)C(=O)NC(Cc1cnc[nH]1)C(=O)O. The first-order valence-electron chi connectivity index (χ1n) is 12.2. The van der Waals surface area contributed by atoms with Crippen LogP contribution in [0.4, 0.5) is 0 Å². The maximum absolute atomic E-state index is 13.2. The highest BCUT2D eigenvalue weighted by Gasteiger charge is 2.32. The number of benzene rings is 1. The van der Waals surface area contributed by atoms with Crippen molar-refractivity contribution in [1.82, 2.24) is 25.9 Å². The molecule has 0 saturated heterocycles. The van der Waals surface area contributed by atoms with E-state index in [0.29, 0.717) is 17.7 Å². The Labute approximate surface area is 224 Å². The number of hydrogen-bond acceptors (Lipinski definition) is 8. The molecule has 0 aliphatic heterocycles. The highest BCUT2D eigenvalue weighted by Crippen LogP contribution is 2.12. The topological polar surface area (TPSA) is 237 Å². The molecule has 14 heteroatoms. The Hall–Kier alpha value is -4.46. The van der Waals surface area contributed by atoms with Crippen LogP contribution in [-0.2, 0) is 36.8 Å². The van der Waals surface area contributed by atoms with E-state index in [9.17, 15) is 39.3 Å². The summed E-state index contributed by atoms with van der Waals surface area (Å²) in [6, 6.07) is 0.580. The van der Waals surface area contributed by atoms with Gasteiger partial charge in [-0.05, 0) is 30.0 Å². The Morgan fingerprint density at radius 3 is 2.03 bits per heavy atom. The summed E-state index contributed by atoms with van der Waals surface area (Å²) in [7, 11) is 0. The fourth-order valence-corrected chi connectivity index (χ4v) is 3.72.